The number of carboxylic acid groups (broad SMARTS) is 2. The lowest BCUT2D eigenvalue weighted by molar-refractivity contribution is -0.145. The van der Waals surface area contributed by atoms with E-state index in [0.29, 0.717) is 0 Å². The van der Waals surface area contributed by atoms with E-state index < -0.39 is 127 Å². The molecule has 0 aromatic heterocycles. The number of hydrogen-bond donors (Lipinski definition) is 12. The summed E-state index contributed by atoms with van der Waals surface area (Å²) in [6, 6.07) is -0.772. The van der Waals surface area contributed by atoms with Crippen LogP contribution in [0.1, 0.15) is 99.0 Å². The number of nitrogens with two attached hydrogens (primary N) is 2. The van der Waals surface area contributed by atoms with Crippen LogP contribution in [0.25, 0.3) is 0 Å². The fraction of sp³-hybridized carbons (Fsp3) is 0.628. The minimum absolute atomic E-state index is 0.0179. The quantitative estimate of drug-likeness (QED) is 0.0410. The second kappa shape index (κ2) is 28.6. The molecular formula is C43H69N9O13. The third kappa shape index (κ3) is 22.9. The van der Waals surface area contributed by atoms with E-state index in [1.165, 1.54) is 0 Å². The molecule has 1 aromatic carbocycles. The van der Waals surface area contributed by atoms with Crippen LogP contribution in [0.4, 0.5) is 0 Å². The number of amides is 8. The number of carbonyl (C=O) groups excluding carboxylic acids is 8. The first-order valence-corrected chi connectivity index (χ1v) is 21.6. The van der Waals surface area contributed by atoms with Crippen molar-refractivity contribution >= 4 is 59.2 Å². The van der Waals surface area contributed by atoms with Crippen LogP contribution >= 0.6 is 0 Å². The summed E-state index contributed by atoms with van der Waals surface area (Å²) < 4.78 is 0. The molecule has 22 nitrogen and oxygen atoms in total. The number of primary amides is 1. The third-order valence-electron chi connectivity index (χ3n) is 9.74. The normalized spacial score (nSPS) is 14.9. The average molecular weight is 920 g/mol. The molecule has 364 valence electrons. The number of carboxylic acids is 2. The predicted molar refractivity (Wildman–Crippen MR) is 236 cm³/mol. The Balaban J connectivity index is 3.30. The number of aliphatic hydroxyl groups is 1. The highest BCUT2D eigenvalue weighted by Gasteiger charge is 2.35. The van der Waals surface area contributed by atoms with E-state index in [1.807, 2.05) is 6.07 Å². The van der Waals surface area contributed by atoms with Crippen LogP contribution in [-0.4, -0.2) is 129 Å². The van der Waals surface area contributed by atoms with E-state index >= 15 is 0 Å². The van der Waals surface area contributed by atoms with Crippen LogP contribution in [0.2, 0.25) is 0 Å². The molecule has 0 aliphatic carbocycles. The number of aliphatic hydroxyl groups excluding tert-OH is 1. The molecule has 8 amide bonds. The van der Waals surface area contributed by atoms with Crippen molar-refractivity contribution < 1.29 is 63.3 Å². The summed E-state index contributed by atoms with van der Waals surface area (Å²) in [4.78, 5) is 129. The molecule has 0 saturated heterocycles. The van der Waals surface area contributed by atoms with Gasteiger partial charge in [0.25, 0.3) is 0 Å². The molecule has 0 heterocycles. The topological polar surface area (TPSA) is 368 Å². The molecule has 0 bridgehead atoms. The molecule has 1 aromatic rings. The van der Waals surface area contributed by atoms with Gasteiger partial charge in [-0.1, -0.05) is 71.9 Å². The summed E-state index contributed by atoms with van der Waals surface area (Å²) in [5.41, 5.74) is 12.2. The van der Waals surface area contributed by atoms with E-state index in [2.05, 4.69) is 37.2 Å². The van der Waals surface area contributed by atoms with Crippen LogP contribution in [0.15, 0.2) is 30.3 Å². The minimum Gasteiger partial charge on any atom is -0.481 e. The molecule has 0 radical (unpaired) electrons. The maximum atomic E-state index is 13.9. The van der Waals surface area contributed by atoms with E-state index in [-0.39, 0.29) is 56.3 Å². The van der Waals surface area contributed by atoms with Gasteiger partial charge in [0.05, 0.1) is 18.7 Å². The van der Waals surface area contributed by atoms with Gasteiger partial charge in [0.15, 0.2) is 6.04 Å². The van der Waals surface area contributed by atoms with Crippen molar-refractivity contribution in [2.75, 3.05) is 6.54 Å². The molecule has 0 fully saturated rings. The minimum atomic E-state index is -1.72. The van der Waals surface area contributed by atoms with Crippen LogP contribution in [-0.2, 0) is 54.4 Å². The van der Waals surface area contributed by atoms with Gasteiger partial charge in [0.1, 0.15) is 30.2 Å². The standard InChI is InChI=1S/C43H69N9O13/c1-22(2)17-30(47-34(55)21-46-37(58)27(44)20-26-11-9-8-10-12-26)40(61)48-28(13-15-33(45)54)38(59)50-31(18-23(3)4)41(62)49-29(14-16-35(56)57)39(60)51-32(19-24(5)6)42(63)52-36(25(7)53)43(64)65/h8-12,22-25,27-32,36,53H,13-21,44H2,1-7H3,(H2,45,54)(H,46,58)(H,47,55)(H,48,61)(H,49,62)(H,50,59)(H,51,60)(H,52,63)(H,56,57)(H,64,65). The van der Waals surface area contributed by atoms with E-state index in [9.17, 15) is 63.3 Å². The molecule has 0 aliphatic rings. The highest BCUT2D eigenvalue weighted by molar-refractivity contribution is 5.97. The summed E-state index contributed by atoms with van der Waals surface area (Å²) >= 11 is 0. The second-order valence-electron chi connectivity index (χ2n) is 17.3. The van der Waals surface area contributed by atoms with Gasteiger partial charge in [-0.3, -0.25) is 43.2 Å². The number of rotatable bonds is 30. The van der Waals surface area contributed by atoms with Gasteiger partial charge in [-0.2, -0.15) is 0 Å². The molecule has 22 heteroatoms. The fourth-order valence-electron chi connectivity index (χ4n) is 6.44. The third-order valence-corrected chi connectivity index (χ3v) is 9.74. The van der Waals surface area contributed by atoms with Gasteiger partial charge in [-0.15, -0.1) is 0 Å². The highest BCUT2D eigenvalue weighted by atomic mass is 16.4. The Kier molecular flexibility index (Phi) is 25.0. The van der Waals surface area contributed by atoms with E-state index in [0.717, 1.165) is 12.5 Å². The molecule has 0 spiro atoms. The highest BCUT2D eigenvalue weighted by Crippen LogP contribution is 2.12. The Labute approximate surface area is 378 Å². The molecule has 8 atom stereocenters. The number of benzene rings is 1. The molecule has 8 unspecified atom stereocenters. The van der Waals surface area contributed by atoms with Crippen molar-refractivity contribution in [2.24, 2.45) is 29.2 Å². The van der Waals surface area contributed by atoms with Crippen molar-refractivity contribution in [1.82, 2.24) is 37.2 Å². The monoisotopic (exact) mass is 920 g/mol. The summed E-state index contributed by atoms with van der Waals surface area (Å²) in [5.74, 6) is -10.4. The lowest BCUT2D eigenvalue weighted by Gasteiger charge is -2.28. The number of aliphatic carboxylic acids is 2. The van der Waals surface area contributed by atoms with Gasteiger partial charge in [0.2, 0.25) is 47.3 Å². The zero-order chi connectivity index (χ0) is 49.6. The zero-order valence-electron chi connectivity index (χ0n) is 38.2. The molecule has 0 aliphatic heterocycles. The predicted octanol–water partition coefficient (Wildman–Crippen LogP) is -1.68. The van der Waals surface area contributed by atoms with Crippen molar-refractivity contribution in [1.29, 1.82) is 0 Å². The smallest absolute Gasteiger partial charge is 0.328 e. The molecule has 65 heavy (non-hydrogen) atoms. The molecule has 0 saturated carbocycles. The Bertz CT molecular complexity index is 1790. The maximum Gasteiger partial charge on any atom is 0.328 e. The zero-order valence-corrected chi connectivity index (χ0v) is 38.2. The Morgan fingerprint density at radius 2 is 0.954 bits per heavy atom. The van der Waals surface area contributed by atoms with Crippen molar-refractivity contribution in [3.05, 3.63) is 35.9 Å². The lowest BCUT2D eigenvalue weighted by Crippen LogP contribution is -2.60. The first kappa shape index (κ1) is 56.9. The van der Waals surface area contributed by atoms with Gasteiger partial charge in [-0.05, 0) is 68.8 Å². The van der Waals surface area contributed by atoms with Crippen LogP contribution in [0.5, 0.6) is 0 Å². The fourth-order valence-corrected chi connectivity index (χ4v) is 6.44. The van der Waals surface area contributed by atoms with Gasteiger partial charge in [-0.25, -0.2) is 4.79 Å². The van der Waals surface area contributed by atoms with E-state index in [1.54, 1.807) is 65.8 Å². The lowest BCUT2D eigenvalue weighted by atomic mass is 9.99. The Hall–Kier alpha value is -6.16. The SMILES string of the molecule is CC(C)CC(NC(=O)CNC(=O)C(N)Cc1ccccc1)C(=O)NC(CCC(N)=O)C(=O)NC(CC(C)C)C(=O)NC(CCC(=O)O)C(=O)NC(CC(C)C)C(=O)NC(C(=O)O)C(C)O. The van der Waals surface area contributed by atoms with Gasteiger partial charge in [0, 0.05) is 12.8 Å². The Morgan fingerprint density at radius 3 is 1.35 bits per heavy atom. The van der Waals surface area contributed by atoms with Crippen LogP contribution < -0.4 is 48.7 Å². The average Bonchev–Trinajstić information content (AvgIpc) is 3.20. The summed E-state index contributed by atoms with van der Waals surface area (Å²) in [7, 11) is 0. The van der Waals surface area contributed by atoms with Gasteiger partial charge < -0.3 is 64.0 Å². The molecule has 14 N–H and O–H groups in total. The van der Waals surface area contributed by atoms with Crippen LogP contribution in [0.3, 0.4) is 0 Å². The largest absolute Gasteiger partial charge is 0.481 e. The first-order chi connectivity index (χ1) is 30.3. The summed E-state index contributed by atoms with van der Waals surface area (Å²) in [5, 5.41) is 45.9. The second-order valence-corrected chi connectivity index (χ2v) is 17.3. The summed E-state index contributed by atoms with van der Waals surface area (Å²) in [6.45, 7) is 11.0. The van der Waals surface area contributed by atoms with E-state index in [4.69, 9.17) is 11.5 Å². The molecule has 1 rings (SSSR count). The Morgan fingerprint density at radius 1 is 0.554 bits per heavy atom. The summed E-state index contributed by atoms with van der Waals surface area (Å²) in [6.07, 6.45) is -3.07. The first-order valence-electron chi connectivity index (χ1n) is 21.6. The number of hydrogen-bond acceptors (Lipinski definition) is 12. The maximum absolute atomic E-state index is 13.9. The number of nitrogens with one attached hydrogen (secondary N) is 7. The van der Waals surface area contributed by atoms with Crippen molar-refractivity contribution in [3.8, 4) is 0 Å². The molecular weight excluding hydrogens is 851 g/mol. The number of carbonyl (C=O) groups is 10. The van der Waals surface area contributed by atoms with Crippen molar-refractivity contribution in [3.63, 3.8) is 0 Å². The van der Waals surface area contributed by atoms with Gasteiger partial charge >= 0.3 is 11.9 Å². The van der Waals surface area contributed by atoms with Crippen LogP contribution in [0, 0.1) is 17.8 Å². The van der Waals surface area contributed by atoms with Crippen molar-refractivity contribution in [2.45, 2.75) is 148 Å².